The van der Waals surface area contributed by atoms with Crippen LogP contribution in [-0.2, 0) is 11.3 Å². The molecule has 6 heteroatoms. The number of hydrogen-bond donors (Lipinski definition) is 2. The molecule has 0 spiro atoms. The topological polar surface area (TPSA) is 57.3 Å². The Balaban J connectivity index is 1.89. The van der Waals surface area contributed by atoms with Gasteiger partial charge in [-0.2, -0.15) is 0 Å². The SMILES string of the molecule is CC(=O)Nc1nc(CN2CCNC(C)C2)cs1. The van der Waals surface area contributed by atoms with Crippen molar-refractivity contribution in [2.75, 3.05) is 25.0 Å². The number of anilines is 1. The average Bonchev–Trinajstić information content (AvgIpc) is 2.64. The monoisotopic (exact) mass is 254 g/mol. The van der Waals surface area contributed by atoms with E-state index in [4.69, 9.17) is 0 Å². The Morgan fingerprint density at radius 1 is 1.76 bits per heavy atom. The fraction of sp³-hybridized carbons (Fsp3) is 0.636. The Bertz CT molecular complexity index is 393. The largest absolute Gasteiger partial charge is 0.312 e. The molecule has 1 saturated heterocycles. The van der Waals surface area contributed by atoms with Crippen LogP contribution < -0.4 is 10.6 Å². The van der Waals surface area contributed by atoms with Crippen LogP contribution >= 0.6 is 11.3 Å². The summed E-state index contributed by atoms with van der Waals surface area (Å²) in [5.41, 5.74) is 1.04. The first-order valence-corrected chi connectivity index (χ1v) is 6.69. The molecule has 1 amide bonds. The summed E-state index contributed by atoms with van der Waals surface area (Å²) in [5.74, 6) is -0.0679. The third-order valence-corrected chi connectivity index (χ3v) is 3.48. The summed E-state index contributed by atoms with van der Waals surface area (Å²) in [4.78, 5) is 17.7. The second-order valence-electron chi connectivity index (χ2n) is 4.42. The van der Waals surface area contributed by atoms with E-state index in [9.17, 15) is 4.79 Å². The van der Waals surface area contributed by atoms with E-state index < -0.39 is 0 Å². The summed E-state index contributed by atoms with van der Waals surface area (Å²) in [6.45, 7) is 7.69. The fourth-order valence-corrected chi connectivity index (χ4v) is 2.72. The zero-order valence-corrected chi connectivity index (χ0v) is 11.0. The lowest BCUT2D eigenvalue weighted by atomic mass is 10.2. The van der Waals surface area contributed by atoms with Crippen LogP contribution in [0.4, 0.5) is 5.13 Å². The van der Waals surface area contributed by atoms with E-state index in [1.165, 1.54) is 18.3 Å². The minimum absolute atomic E-state index is 0.0679. The predicted molar refractivity (Wildman–Crippen MR) is 69.2 cm³/mol. The van der Waals surface area contributed by atoms with E-state index in [0.717, 1.165) is 31.9 Å². The van der Waals surface area contributed by atoms with Gasteiger partial charge in [-0.3, -0.25) is 9.69 Å². The molecular formula is C11H18N4OS. The number of hydrogen-bond acceptors (Lipinski definition) is 5. The molecule has 1 fully saturated rings. The van der Waals surface area contributed by atoms with Crippen LogP contribution in [0, 0.1) is 0 Å². The number of carbonyl (C=O) groups excluding carboxylic acids is 1. The van der Waals surface area contributed by atoms with Gasteiger partial charge in [0.05, 0.1) is 5.69 Å². The zero-order valence-electron chi connectivity index (χ0n) is 10.2. The van der Waals surface area contributed by atoms with Crippen molar-refractivity contribution in [3.63, 3.8) is 0 Å². The quantitative estimate of drug-likeness (QED) is 0.841. The Hall–Kier alpha value is -0.980. The van der Waals surface area contributed by atoms with Gasteiger partial charge in [-0.25, -0.2) is 4.98 Å². The van der Waals surface area contributed by atoms with Crippen LogP contribution in [0.15, 0.2) is 5.38 Å². The molecule has 1 atom stereocenters. The Kier molecular flexibility index (Phi) is 4.09. The molecule has 1 aromatic rings. The van der Waals surface area contributed by atoms with Crippen molar-refractivity contribution in [3.8, 4) is 0 Å². The van der Waals surface area contributed by atoms with Gasteiger partial charge in [0.1, 0.15) is 0 Å². The van der Waals surface area contributed by atoms with Gasteiger partial charge in [-0.1, -0.05) is 0 Å². The molecule has 0 radical (unpaired) electrons. The second-order valence-corrected chi connectivity index (χ2v) is 5.27. The Morgan fingerprint density at radius 3 is 3.29 bits per heavy atom. The molecule has 17 heavy (non-hydrogen) atoms. The summed E-state index contributed by atoms with van der Waals surface area (Å²) < 4.78 is 0. The summed E-state index contributed by atoms with van der Waals surface area (Å²) in [5, 5.41) is 8.82. The van der Waals surface area contributed by atoms with Gasteiger partial charge < -0.3 is 10.6 Å². The molecule has 1 aromatic heterocycles. The maximum atomic E-state index is 10.9. The number of thiazole rings is 1. The van der Waals surface area contributed by atoms with E-state index in [1.54, 1.807) is 0 Å². The second kappa shape index (κ2) is 5.57. The van der Waals surface area contributed by atoms with Gasteiger partial charge in [0.2, 0.25) is 5.91 Å². The maximum Gasteiger partial charge on any atom is 0.223 e. The molecule has 0 aromatic carbocycles. The lowest BCUT2D eigenvalue weighted by Gasteiger charge is -2.31. The van der Waals surface area contributed by atoms with Gasteiger partial charge in [0, 0.05) is 44.5 Å². The van der Waals surface area contributed by atoms with E-state index in [2.05, 4.69) is 27.4 Å². The molecule has 1 aliphatic heterocycles. The minimum Gasteiger partial charge on any atom is -0.312 e. The van der Waals surface area contributed by atoms with E-state index in [-0.39, 0.29) is 5.91 Å². The van der Waals surface area contributed by atoms with Crippen LogP contribution in [0.3, 0.4) is 0 Å². The lowest BCUT2D eigenvalue weighted by Crippen LogP contribution is -2.48. The molecule has 5 nitrogen and oxygen atoms in total. The van der Waals surface area contributed by atoms with Crippen LogP contribution in [0.5, 0.6) is 0 Å². The van der Waals surface area contributed by atoms with Crippen LogP contribution in [0.25, 0.3) is 0 Å². The van der Waals surface area contributed by atoms with Crippen molar-refractivity contribution in [2.45, 2.75) is 26.4 Å². The molecular weight excluding hydrogens is 236 g/mol. The molecule has 2 heterocycles. The molecule has 94 valence electrons. The van der Waals surface area contributed by atoms with Gasteiger partial charge in [-0.15, -0.1) is 11.3 Å². The smallest absolute Gasteiger partial charge is 0.223 e. The van der Waals surface area contributed by atoms with Gasteiger partial charge in [-0.05, 0) is 6.92 Å². The highest BCUT2D eigenvalue weighted by Gasteiger charge is 2.16. The Labute approximate surface area is 105 Å². The highest BCUT2D eigenvalue weighted by molar-refractivity contribution is 7.13. The van der Waals surface area contributed by atoms with E-state index in [1.807, 2.05) is 5.38 Å². The number of aromatic nitrogens is 1. The first-order valence-electron chi connectivity index (χ1n) is 5.81. The van der Waals surface area contributed by atoms with E-state index >= 15 is 0 Å². The van der Waals surface area contributed by atoms with E-state index in [0.29, 0.717) is 11.2 Å². The number of nitrogens with one attached hydrogen (secondary N) is 2. The fourth-order valence-electron chi connectivity index (χ4n) is 1.97. The number of nitrogens with zero attached hydrogens (tertiary/aromatic N) is 2. The summed E-state index contributed by atoms with van der Waals surface area (Å²) >= 11 is 1.48. The zero-order chi connectivity index (χ0) is 12.3. The highest BCUT2D eigenvalue weighted by atomic mass is 32.1. The van der Waals surface area contributed by atoms with Crippen LogP contribution in [-0.4, -0.2) is 41.5 Å². The standard InChI is InChI=1S/C11H18N4OS/c1-8-5-15(4-3-12-8)6-10-7-17-11(14-10)13-9(2)16/h7-8,12H,3-6H2,1-2H3,(H,13,14,16). The van der Waals surface area contributed by atoms with Crippen molar-refractivity contribution in [1.82, 2.24) is 15.2 Å². The lowest BCUT2D eigenvalue weighted by molar-refractivity contribution is -0.114. The summed E-state index contributed by atoms with van der Waals surface area (Å²) in [6.07, 6.45) is 0. The van der Waals surface area contributed by atoms with Crippen molar-refractivity contribution < 1.29 is 4.79 Å². The number of piperazine rings is 1. The first kappa shape index (κ1) is 12.5. The van der Waals surface area contributed by atoms with Crippen molar-refractivity contribution >= 4 is 22.4 Å². The van der Waals surface area contributed by atoms with Crippen LogP contribution in [0.1, 0.15) is 19.5 Å². The normalized spacial score (nSPS) is 21.4. The third kappa shape index (κ3) is 3.76. The van der Waals surface area contributed by atoms with Crippen LogP contribution in [0.2, 0.25) is 0 Å². The molecule has 2 rings (SSSR count). The molecule has 1 unspecified atom stereocenters. The van der Waals surface area contributed by atoms with Gasteiger partial charge >= 0.3 is 0 Å². The molecule has 2 N–H and O–H groups in total. The summed E-state index contributed by atoms with van der Waals surface area (Å²) in [6, 6.07) is 0.539. The number of amides is 1. The first-order chi connectivity index (χ1) is 8.13. The number of carbonyl (C=O) groups is 1. The molecule has 1 aliphatic rings. The minimum atomic E-state index is -0.0679. The molecule has 0 bridgehead atoms. The Morgan fingerprint density at radius 2 is 2.59 bits per heavy atom. The average molecular weight is 254 g/mol. The molecule has 0 saturated carbocycles. The number of rotatable bonds is 3. The van der Waals surface area contributed by atoms with Gasteiger partial charge in [0.25, 0.3) is 0 Å². The maximum absolute atomic E-state index is 10.9. The highest BCUT2D eigenvalue weighted by Crippen LogP contribution is 2.17. The van der Waals surface area contributed by atoms with Crippen molar-refractivity contribution in [1.29, 1.82) is 0 Å². The van der Waals surface area contributed by atoms with Crippen molar-refractivity contribution in [3.05, 3.63) is 11.1 Å². The van der Waals surface area contributed by atoms with Gasteiger partial charge in [0.15, 0.2) is 5.13 Å². The third-order valence-electron chi connectivity index (χ3n) is 2.67. The predicted octanol–water partition coefficient (Wildman–Crippen LogP) is 0.895. The summed E-state index contributed by atoms with van der Waals surface area (Å²) in [7, 11) is 0. The van der Waals surface area contributed by atoms with Crippen molar-refractivity contribution in [2.24, 2.45) is 0 Å². The molecule has 0 aliphatic carbocycles.